The van der Waals surface area contributed by atoms with E-state index in [1.54, 1.807) is 23.7 Å². The number of amides is 1. The molecular formula is C19H18ClN5O4S. The molecule has 11 heteroatoms. The Bertz CT molecular complexity index is 1070. The second-order valence-corrected chi connectivity index (χ2v) is 7.65. The van der Waals surface area contributed by atoms with Gasteiger partial charge in [0.25, 0.3) is 5.69 Å². The third-order valence-corrected chi connectivity index (χ3v) is 5.56. The van der Waals surface area contributed by atoms with Crippen LogP contribution >= 0.6 is 23.4 Å². The summed E-state index contributed by atoms with van der Waals surface area (Å²) in [5, 5.41) is 22.8. The van der Waals surface area contributed by atoms with E-state index in [1.807, 2.05) is 13.0 Å². The Labute approximate surface area is 181 Å². The van der Waals surface area contributed by atoms with Crippen molar-refractivity contribution >= 4 is 40.6 Å². The molecule has 3 rings (SSSR count). The Balaban J connectivity index is 1.52. The number of thioether (sulfide) groups is 1. The number of ether oxygens (including phenoxy) is 1. The van der Waals surface area contributed by atoms with Gasteiger partial charge in [-0.3, -0.25) is 14.9 Å². The quantitative estimate of drug-likeness (QED) is 0.315. The molecule has 0 aliphatic carbocycles. The molecule has 1 heterocycles. The summed E-state index contributed by atoms with van der Waals surface area (Å²) in [6.07, 6.45) is 0. The van der Waals surface area contributed by atoms with E-state index < -0.39 is 4.92 Å². The number of hydrogen-bond acceptors (Lipinski definition) is 7. The Morgan fingerprint density at radius 1 is 1.27 bits per heavy atom. The Hall–Kier alpha value is -3.11. The van der Waals surface area contributed by atoms with Crippen molar-refractivity contribution in [1.82, 2.24) is 14.8 Å². The highest BCUT2D eigenvalue weighted by Crippen LogP contribution is 2.22. The number of carbonyl (C=O) groups excluding carboxylic acids is 1. The van der Waals surface area contributed by atoms with Crippen LogP contribution in [0.1, 0.15) is 11.4 Å². The highest BCUT2D eigenvalue weighted by molar-refractivity contribution is 7.99. The predicted octanol–water partition coefficient (Wildman–Crippen LogP) is 3.99. The van der Waals surface area contributed by atoms with Crippen LogP contribution in [0.4, 0.5) is 11.4 Å². The molecule has 0 spiro atoms. The smallest absolute Gasteiger partial charge is 0.269 e. The number of nitrogens with zero attached hydrogens (tertiary/aromatic N) is 4. The zero-order valence-corrected chi connectivity index (χ0v) is 17.7. The molecule has 0 aliphatic heterocycles. The first kappa shape index (κ1) is 21.6. The highest BCUT2D eigenvalue weighted by atomic mass is 35.5. The van der Waals surface area contributed by atoms with Crippen LogP contribution in [0.3, 0.4) is 0 Å². The lowest BCUT2D eigenvalue weighted by Gasteiger charge is -2.07. The molecule has 9 nitrogen and oxygen atoms in total. The summed E-state index contributed by atoms with van der Waals surface area (Å²) in [4.78, 5) is 22.4. The van der Waals surface area contributed by atoms with Gasteiger partial charge >= 0.3 is 0 Å². The van der Waals surface area contributed by atoms with E-state index in [-0.39, 0.29) is 24.0 Å². The van der Waals surface area contributed by atoms with Crippen molar-refractivity contribution in [1.29, 1.82) is 0 Å². The minimum Gasteiger partial charge on any atom is -0.486 e. The van der Waals surface area contributed by atoms with E-state index in [0.29, 0.717) is 27.4 Å². The number of nitro groups is 1. The molecule has 30 heavy (non-hydrogen) atoms. The fraction of sp³-hybridized carbons (Fsp3) is 0.211. The maximum Gasteiger partial charge on any atom is 0.269 e. The van der Waals surface area contributed by atoms with Crippen molar-refractivity contribution < 1.29 is 14.5 Å². The SMILES string of the molecule is Cc1ccc(NC(=O)CSc2nnc(COc3ccc([N+](=O)[O-])cc3)n2C)cc1Cl. The van der Waals surface area contributed by atoms with Crippen molar-refractivity contribution in [2.75, 3.05) is 11.1 Å². The fourth-order valence-electron chi connectivity index (χ4n) is 2.41. The molecule has 0 saturated carbocycles. The topological polar surface area (TPSA) is 112 Å². The third kappa shape index (κ3) is 5.49. The second-order valence-electron chi connectivity index (χ2n) is 6.30. The molecule has 0 saturated heterocycles. The summed E-state index contributed by atoms with van der Waals surface area (Å²) in [6.45, 7) is 2.02. The van der Waals surface area contributed by atoms with Gasteiger partial charge in [0.15, 0.2) is 11.0 Å². The van der Waals surface area contributed by atoms with E-state index >= 15 is 0 Å². The molecule has 0 radical (unpaired) electrons. The number of aryl methyl sites for hydroxylation is 1. The normalized spacial score (nSPS) is 10.6. The number of benzene rings is 2. The van der Waals surface area contributed by atoms with Crippen LogP contribution in [-0.4, -0.2) is 31.3 Å². The second kappa shape index (κ2) is 9.59. The van der Waals surface area contributed by atoms with Crippen molar-refractivity contribution in [2.24, 2.45) is 7.05 Å². The van der Waals surface area contributed by atoms with E-state index in [0.717, 1.165) is 5.56 Å². The molecule has 0 atom stereocenters. The van der Waals surface area contributed by atoms with Crippen molar-refractivity contribution in [2.45, 2.75) is 18.7 Å². The first-order valence-corrected chi connectivity index (χ1v) is 10.1. The number of anilines is 1. The lowest BCUT2D eigenvalue weighted by atomic mass is 10.2. The zero-order valence-electron chi connectivity index (χ0n) is 16.2. The fourth-order valence-corrected chi connectivity index (χ4v) is 3.32. The van der Waals surface area contributed by atoms with Gasteiger partial charge in [-0.1, -0.05) is 29.4 Å². The molecule has 1 aromatic heterocycles. The average molecular weight is 448 g/mol. The first-order chi connectivity index (χ1) is 14.3. The number of nitro benzene ring substituents is 1. The minimum absolute atomic E-state index is 0.00844. The Morgan fingerprint density at radius 3 is 2.67 bits per heavy atom. The molecule has 3 aromatic rings. The summed E-state index contributed by atoms with van der Waals surface area (Å²) >= 11 is 7.31. The molecule has 0 aliphatic rings. The summed E-state index contributed by atoms with van der Waals surface area (Å²) in [5.41, 5.74) is 1.56. The van der Waals surface area contributed by atoms with Gasteiger partial charge in [0.05, 0.1) is 10.7 Å². The van der Waals surface area contributed by atoms with Crippen LogP contribution in [-0.2, 0) is 18.4 Å². The van der Waals surface area contributed by atoms with Crippen molar-refractivity contribution in [3.05, 3.63) is 69.0 Å². The largest absolute Gasteiger partial charge is 0.486 e. The van der Waals surface area contributed by atoms with Gasteiger partial charge in [0, 0.05) is 29.9 Å². The van der Waals surface area contributed by atoms with E-state index in [1.165, 1.54) is 36.0 Å². The summed E-state index contributed by atoms with van der Waals surface area (Å²) in [5.74, 6) is 1.00. The average Bonchev–Trinajstić information content (AvgIpc) is 3.07. The van der Waals surface area contributed by atoms with Crippen molar-refractivity contribution in [3.63, 3.8) is 0 Å². The number of halogens is 1. The van der Waals surface area contributed by atoms with Gasteiger partial charge in [-0.15, -0.1) is 10.2 Å². The summed E-state index contributed by atoms with van der Waals surface area (Å²) in [7, 11) is 1.77. The van der Waals surface area contributed by atoms with Gasteiger partial charge < -0.3 is 14.6 Å². The van der Waals surface area contributed by atoms with Gasteiger partial charge in [-0.2, -0.15) is 0 Å². The van der Waals surface area contributed by atoms with Gasteiger partial charge in [-0.25, -0.2) is 0 Å². The summed E-state index contributed by atoms with van der Waals surface area (Å²) in [6, 6.07) is 11.1. The highest BCUT2D eigenvalue weighted by Gasteiger charge is 2.13. The molecule has 156 valence electrons. The lowest BCUT2D eigenvalue weighted by Crippen LogP contribution is -2.14. The zero-order chi connectivity index (χ0) is 21.7. The van der Waals surface area contributed by atoms with Gasteiger partial charge in [0.2, 0.25) is 5.91 Å². The van der Waals surface area contributed by atoms with Crippen LogP contribution in [0.5, 0.6) is 5.75 Å². The molecule has 2 aromatic carbocycles. The maximum absolute atomic E-state index is 12.2. The molecule has 1 amide bonds. The molecular weight excluding hydrogens is 430 g/mol. The van der Waals surface area contributed by atoms with Crippen LogP contribution in [0.25, 0.3) is 0 Å². The number of carbonyl (C=O) groups is 1. The van der Waals surface area contributed by atoms with Crippen LogP contribution in [0.2, 0.25) is 5.02 Å². The number of non-ortho nitro benzene ring substituents is 1. The van der Waals surface area contributed by atoms with Gasteiger partial charge in [-0.05, 0) is 36.8 Å². The maximum atomic E-state index is 12.2. The monoisotopic (exact) mass is 447 g/mol. The van der Waals surface area contributed by atoms with E-state index in [2.05, 4.69) is 15.5 Å². The molecule has 0 bridgehead atoms. The van der Waals surface area contributed by atoms with E-state index in [4.69, 9.17) is 16.3 Å². The van der Waals surface area contributed by atoms with Crippen LogP contribution in [0, 0.1) is 17.0 Å². The third-order valence-electron chi connectivity index (χ3n) is 4.13. The minimum atomic E-state index is -0.473. The number of aromatic nitrogens is 3. The first-order valence-electron chi connectivity index (χ1n) is 8.78. The van der Waals surface area contributed by atoms with Gasteiger partial charge in [0.1, 0.15) is 12.4 Å². The number of nitrogens with one attached hydrogen (secondary N) is 1. The Kier molecular flexibility index (Phi) is 6.91. The standard InChI is InChI=1S/C19H18ClN5O4S/c1-12-3-4-13(9-16(12)20)21-18(26)11-30-19-23-22-17(24(19)2)10-29-15-7-5-14(6-8-15)25(27)28/h3-9H,10-11H2,1-2H3,(H,21,26). The lowest BCUT2D eigenvalue weighted by molar-refractivity contribution is -0.384. The summed E-state index contributed by atoms with van der Waals surface area (Å²) < 4.78 is 7.33. The molecule has 0 unspecified atom stereocenters. The van der Waals surface area contributed by atoms with Crippen molar-refractivity contribution in [3.8, 4) is 5.75 Å². The number of hydrogen-bond donors (Lipinski definition) is 1. The van der Waals surface area contributed by atoms with Crippen LogP contribution < -0.4 is 10.1 Å². The predicted molar refractivity (Wildman–Crippen MR) is 114 cm³/mol. The molecule has 1 N–H and O–H groups in total. The Morgan fingerprint density at radius 2 is 2.00 bits per heavy atom. The number of rotatable bonds is 8. The molecule has 0 fully saturated rings. The van der Waals surface area contributed by atoms with Crippen LogP contribution in [0.15, 0.2) is 47.6 Å². The van der Waals surface area contributed by atoms with E-state index in [9.17, 15) is 14.9 Å².